The average molecular weight is 372 g/mol. The van der Waals surface area contributed by atoms with E-state index < -0.39 is 0 Å². The van der Waals surface area contributed by atoms with Crippen LogP contribution in [0.15, 0.2) is 22.9 Å². The second-order valence-corrected chi connectivity index (χ2v) is 7.92. The lowest BCUT2D eigenvalue weighted by atomic mass is 10.2. The molecule has 27 heavy (non-hydrogen) atoms. The number of unbranched alkanes of at least 4 members (excludes halogenated alkanes) is 1. The van der Waals surface area contributed by atoms with E-state index in [0.29, 0.717) is 24.5 Å². The van der Waals surface area contributed by atoms with Crippen LogP contribution >= 0.6 is 0 Å². The maximum absolute atomic E-state index is 5.45. The zero-order chi connectivity index (χ0) is 19.2. The van der Waals surface area contributed by atoms with Gasteiger partial charge in [0.15, 0.2) is 5.82 Å². The molecule has 3 heterocycles. The fraction of sp³-hybridized carbons (Fsp3) is 0.667. The molecule has 0 aromatic carbocycles. The number of hydrogen-bond donors (Lipinski definition) is 0. The Hall–Kier alpha value is -1.95. The van der Waals surface area contributed by atoms with Crippen LogP contribution in [0.25, 0.3) is 0 Å². The van der Waals surface area contributed by atoms with Crippen molar-refractivity contribution >= 4 is 5.82 Å². The van der Waals surface area contributed by atoms with Gasteiger partial charge in [-0.3, -0.25) is 4.90 Å². The van der Waals surface area contributed by atoms with Crippen molar-refractivity contribution in [3.8, 4) is 0 Å². The number of rotatable bonds is 9. The number of pyridine rings is 1. The van der Waals surface area contributed by atoms with Gasteiger partial charge in [-0.05, 0) is 51.7 Å². The van der Waals surface area contributed by atoms with Gasteiger partial charge in [-0.2, -0.15) is 4.98 Å². The smallest absolute Gasteiger partial charge is 0.240 e. The van der Waals surface area contributed by atoms with Gasteiger partial charge in [0.25, 0.3) is 0 Å². The second kappa shape index (κ2) is 9.31. The lowest BCUT2D eigenvalue weighted by Gasteiger charge is -2.25. The molecule has 1 aliphatic rings. The molecule has 148 valence electrons. The molecule has 0 saturated carbocycles. The minimum atomic E-state index is 0.384. The summed E-state index contributed by atoms with van der Waals surface area (Å²) in [4.78, 5) is 14.0. The van der Waals surface area contributed by atoms with Gasteiger partial charge in [-0.15, -0.1) is 0 Å². The first kappa shape index (κ1) is 19.8. The number of aromatic nitrogens is 3. The minimum absolute atomic E-state index is 0.384. The first-order valence-corrected chi connectivity index (χ1v) is 10.3. The highest BCUT2D eigenvalue weighted by Gasteiger charge is 2.21. The first-order valence-electron chi connectivity index (χ1n) is 10.3. The van der Waals surface area contributed by atoms with Gasteiger partial charge in [0.1, 0.15) is 5.82 Å². The predicted molar refractivity (Wildman–Crippen MR) is 108 cm³/mol. The van der Waals surface area contributed by atoms with Crippen LogP contribution in [0.5, 0.6) is 0 Å². The molecule has 1 fully saturated rings. The van der Waals surface area contributed by atoms with Gasteiger partial charge >= 0.3 is 0 Å². The minimum Gasteiger partial charge on any atom is -0.354 e. The van der Waals surface area contributed by atoms with Gasteiger partial charge in [-0.1, -0.05) is 24.6 Å². The van der Waals surface area contributed by atoms with Crippen molar-refractivity contribution in [1.29, 1.82) is 0 Å². The largest absolute Gasteiger partial charge is 0.354 e. The summed E-state index contributed by atoms with van der Waals surface area (Å²) in [5.74, 6) is 2.61. The van der Waals surface area contributed by atoms with Crippen molar-refractivity contribution in [2.45, 2.75) is 85.0 Å². The summed E-state index contributed by atoms with van der Waals surface area (Å²) < 4.78 is 5.45. The Morgan fingerprint density at radius 3 is 2.78 bits per heavy atom. The Morgan fingerprint density at radius 1 is 1.30 bits per heavy atom. The quantitative estimate of drug-likeness (QED) is 0.658. The third-order valence-electron chi connectivity index (χ3n) is 5.37. The van der Waals surface area contributed by atoms with Crippen LogP contribution in [0.1, 0.15) is 70.7 Å². The van der Waals surface area contributed by atoms with Gasteiger partial charge in [0.05, 0.1) is 6.54 Å². The van der Waals surface area contributed by atoms with Crippen LogP contribution < -0.4 is 4.90 Å². The van der Waals surface area contributed by atoms with E-state index in [2.05, 4.69) is 59.8 Å². The summed E-state index contributed by atoms with van der Waals surface area (Å²) in [6.07, 6.45) is 7.66. The number of aryl methyl sites for hydroxylation is 1. The van der Waals surface area contributed by atoms with Crippen molar-refractivity contribution < 1.29 is 4.52 Å². The Morgan fingerprint density at radius 2 is 2.15 bits per heavy atom. The molecule has 0 N–H and O–H groups in total. The van der Waals surface area contributed by atoms with Crippen molar-refractivity contribution in [1.82, 2.24) is 20.0 Å². The van der Waals surface area contributed by atoms with Crippen LogP contribution in [-0.4, -0.2) is 38.7 Å². The van der Waals surface area contributed by atoms with Gasteiger partial charge in [-0.25, -0.2) is 4.98 Å². The van der Waals surface area contributed by atoms with Crippen LogP contribution in [-0.2, 0) is 19.5 Å². The molecule has 0 amide bonds. The molecule has 0 bridgehead atoms. The summed E-state index contributed by atoms with van der Waals surface area (Å²) in [5.41, 5.74) is 1.21. The zero-order valence-corrected chi connectivity index (χ0v) is 17.2. The molecule has 0 unspecified atom stereocenters. The third-order valence-corrected chi connectivity index (χ3v) is 5.37. The van der Waals surface area contributed by atoms with Gasteiger partial charge in [0.2, 0.25) is 5.89 Å². The summed E-state index contributed by atoms with van der Waals surface area (Å²) >= 11 is 0. The van der Waals surface area contributed by atoms with Crippen LogP contribution in [0, 0.1) is 0 Å². The van der Waals surface area contributed by atoms with Crippen molar-refractivity contribution in [2.24, 2.45) is 0 Å². The standard InChI is InChI=1S/C21H33N5O/c1-5-6-9-19-23-21(27-24-19)15-25(16(2)3)14-18-10-11-20(22-13-18)26-12-7-8-17(26)4/h10-11,13,16-17H,5-9,12,14-15H2,1-4H3/t17-/m1/s1. The van der Waals surface area contributed by atoms with Crippen molar-refractivity contribution in [3.63, 3.8) is 0 Å². The van der Waals surface area contributed by atoms with E-state index in [4.69, 9.17) is 9.51 Å². The molecule has 6 nitrogen and oxygen atoms in total. The monoisotopic (exact) mass is 371 g/mol. The molecule has 2 aromatic heterocycles. The first-order chi connectivity index (χ1) is 13.1. The molecule has 0 radical (unpaired) electrons. The lowest BCUT2D eigenvalue weighted by molar-refractivity contribution is 0.176. The van der Waals surface area contributed by atoms with E-state index in [1.807, 2.05) is 6.20 Å². The van der Waals surface area contributed by atoms with E-state index in [1.54, 1.807) is 0 Å². The zero-order valence-electron chi connectivity index (χ0n) is 17.2. The number of hydrogen-bond acceptors (Lipinski definition) is 6. The fourth-order valence-electron chi connectivity index (χ4n) is 3.57. The third kappa shape index (κ3) is 5.28. The Bertz CT molecular complexity index is 697. The molecule has 1 aliphatic heterocycles. The molecule has 0 aliphatic carbocycles. The highest BCUT2D eigenvalue weighted by molar-refractivity contribution is 5.41. The van der Waals surface area contributed by atoms with Crippen LogP contribution in [0.3, 0.4) is 0 Å². The van der Waals surface area contributed by atoms with E-state index in [1.165, 1.54) is 18.4 Å². The molecule has 1 atom stereocenters. The molecular formula is C21H33N5O. The SMILES string of the molecule is CCCCc1noc(CN(Cc2ccc(N3CCC[C@H]3C)nc2)C(C)C)n1. The van der Waals surface area contributed by atoms with Crippen LogP contribution in [0.2, 0.25) is 0 Å². The molecule has 2 aromatic rings. The highest BCUT2D eigenvalue weighted by atomic mass is 16.5. The predicted octanol–water partition coefficient (Wildman–Crippen LogP) is 4.21. The Labute approximate surface area is 163 Å². The Kier molecular flexibility index (Phi) is 6.83. The summed E-state index contributed by atoms with van der Waals surface area (Å²) in [5, 5.41) is 4.11. The van der Waals surface area contributed by atoms with Crippen molar-refractivity contribution in [3.05, 3.63) is 35.6 Å². The molecule has 6 heteroatoms. The maximum Gasteiger partial charge on any atom is 0.240 e. The van der Waals surface area contributed by atoms with E-state index >= 15 is 0 Å². The topological polar surface area (TPSA) is 58.3 Å². The van der Waals surface area contributed by atoms with Gasteiger partial charge < -0.3 is 9.42 Å². The molecule has 3 rings (SSSR count). The van der Waals surface area contributed by atoms with E-state index in [0.717, 1.165) is 44.0 Å². The van der Waals surface area contributed by atoms with Gasteiger partial charge in [0, 0.05) is 37.8 Å². The second-order valence-electron chi connectivity index (χ2n) is 7.92. The highest BCUT2D eigenvalue weighted by Crippen LogP contribution is 2.23. The number of nitrogens with zero attached hydrogens (tertiary/aromatic N) is 5. The Balaban J connectivity index is 1.61. The summed E-state index contributed by atoms with van der Waals surface area (Å²) in [7, 11) is 0. The normalized spacial score (nSPS) is 17.4. The molecular weight excluding hydrogens is 338 g/mol. The van der Waals surface area contributed by atoms with E-state index in [-0.39, 0.29) is 0 Å². The van der Waals surface area contributed by atoms with Crippen molar-refractivity contribution in [2.75, 3.05) is 11.4 Å². The maximum atomic E-state index is 5.45. The average Bonchev–Trinajstić information content (AvgIpc) is 3.29. The van der Waals surface area contributed by atoms with Crippen LogP contribution in [0.4, 0.5) is 5.82 Å². The lowest BCUT2D eigenvalue weighted by Crippen LogP contribution is -2.30. The molecule has 1 saturated heterocycles. The molecule has 0 spiro atoms. The summed E-state index contributed by atoms with van der Waals surface area (Å²) in [6.45, 7) is 11.5. The fourth-order valence-corrected chi connectivity index (χ4v) is 3.57. The van der Waals surface area contributed by atoms with E-state index in [9.17, 15) is 0 Å². The summed E-state index contributed by atoms with van der Waals surface area (Å²) in [6, 6.07) is 5.33. The number of anilines is 1.